The molecule has 0 bridgehead atoms. The highest BCUT2D eigenvalue weighted by Gasteiger charge is 2.13. The van der Waals surface area contributed by atoms with Gasteiger partial charge in [0.1, 0.15) is 0 Å². The van der Waals surface area contributed by atoms with Crippen molar-refractivity contribution in [3.63, 3.8) is 0 Å². The Labute approximate surface area is 80.4 Å². The highest BCUT2D eigenvalue weighted by Crippen LogP contribution is 2.21. The molecule has 4 heteroatoms. The number of primary amides is 1. The zero-order valence-electron chi connectivity index (χ0n) is 7.31. The minimum atomic E-state index is -0.587. The Morgan fingerprint density at radius 1 is 1.36 bits per heavy atom. The largest absolute Gasteiger partial charge is 0.458 e. The fraction of sp³-hybridized carbons (Fsp3) is 0. The van der Waals surface area contributed by atoms with E-state index in [1.807, 2.05) is 6.07 Å². The summed E-state index contributed by atoms with van der Waals surface area (Å²) < 4.78 is 4.97. The van der Waals surface area contributed by atoms with E-state index in [2.05, 4.69) is 4.98 Å². The molecule has 0 radical (unpaired) electrons. The van der Waals surface area contributed by atoms with Crippen LogP contribution >= 0.6 is 0 Å². The number of carbonyl (C=O) groups excluding carboxylic acids is 1. The second-order valence-corrected chi connectivity index (χ2v) is 2.74. The lowest BCUT2D eigenvalue weighted by molar-refractivity contribution is 0.0975. The zero-order valence-corrected chi connectivity index (χ0v) is 7.31. The van der Waals surface area contributed by atoms with Gasteiger partial charge in [0.05, 0.1) is 17.5 Å². The molecule has 2 aromatic heterocycles. The van der Waals surface area contributed by atoms with Crippen LogP contribution in [0.5, 0.6) is 0 Å². The third-order valence-electron chi connectivity index (χ3n) is 1.83. The third kappa shape index (κ3) is 1.37. The van der Waals surface area contributed by atoms with Crippen molar-refractivity contribution >= 4 is 5.91 Å². The maximum absolute atomic E-state index is 11.0. The van der Waals surface area contributed by atoms with Crippen LogP contribution < -0.4 is 5.73 Å². The van der Waals surface area contributed by atoms with Crippen molar-refractivity contribution in [2.24, 2.45) is 5.73 Å². The van der Waals surface area contributed by atoms with Crippen LogP contribution in [-0.4, -0.2) is 10.9 Å². The number of hydrogen-bond acceptors (Lipinski definition) is 3. The van der Waals surface area contributed by atoms with Crippen molar-refractivity contribution in [2.45, 2.75) is 0 Å². The summed E-state index contributed by atoms with van der Waals surface area (Å²) in [5.41, 5.74) is 6.44. The Hall–Kier alpha value is -2.10. The van der Waals surface area contributed by atoms with Crippen LogP contribution in [0.15, 0.2) is 41.1 Å². The van der Waals surface area contributed by atoms with Crippen LogP contribution in [-0.2, 0) is 0 Å². The molecule has 0 saturated heterocycles. The van der Waals surface area contributed by atoms with Crippen LogP contribution in [0.4, 0.5) is 0 Å². The molecule has 2 rings (SSSR count). The minimum absolute atomic E-state index is 0.142. The summed E-state index contributed by atoms with van der Waals surface area (Å²) in [4.78, 5) is 15.1. The molecule has 2 aromatic rings. The van der Waals surface area contributed by atoms with Gasteiger partial charge in [-0.05, 0) is 18.2 Å². The van der Waals surface area contributed by atoms with Gasteiger partial charge < -0.3 is 10.2 Å². The fourth-order valence-electron chi connectivity index (χ4n) is 1.22. The number of amides is 1. The molecule has 0 aromatic carbocycles. The van der Waals surface area contributed by atoms with Crippen molar-refractivity contribution in [1.82, 2.24) is 4.98 Å². The molecule has 0 fully saturated rings. The standard InChI is InChI=1S/C10H8N2O2/c11-10(13)9-7(4-6-14-9)8-3-1-2-5-12-8/h1-6H,(H2,11,13). The van der Waals surface area contributed by atoms with Gasteiger partial charge in [0.25, 0.3) is 5.91 Å². The molecular weight excluding hydrogens is 180 g/mol. The Balaban J connectivity index is 2.52. The molecule has 14 heavy (non-hydrogen) atoms. The average molecular weight is 188 g/mol. The molecule has 4 nitrogen and oxygen atoms in total. The summed E-state index contributed by atoms with van der Waals surface area (Å²) in [5, 5.41) is 0. The topological polar surface area (TPSA) is 69.1 Å². The number of nitrogens with two attached hydrogens (primary N) is 1. The lowest BCUT2D eigenvalue weighted by Gasteiger charge is -1.97. The first kappa shape index (κ1) is 8.50. The highest BCUT2D eigenvalue weighted by molar-refractivity contribution is 5.96. The quantitative estimate of drug-likeness (QED) is 0.775. The van der Waals surface area contributed by atoms with E-state index in [9.17, 15) is 4.79 Å². The molecule has 1 amide bonds. The van der Waals surface area contributed by atoms with Gasteiger partial charge >= 0.3 is 0 Å². The first-order chi connectivity index (χ1) is 6.79. The summed E-state index contributed by atoms with van der Waals surface area (Å²) in [5.74, 6) is -0.445. The molecule has 0 aliphatic rings. The smallest absolute Gasteiger partial charge is 0.285 e. The molecule has 70 valence electrons. The normalized spacial score (nSPS) is 10.0. The summed E-state index contributed by atoms with van der Waals surface area (Å²) >= 11 is 0. The first-order valence-corrected chi connectivity index (χ1v) is 4.08. The van der Waals surface area contributed by atoms with Crippen LogP contribution in [0.25, 0.3) is 11.3 Å². The SMILES string of the molecule is NC(=O)c1occc1-c1ccccn1. The third-order valence-corrected chi connectivity index (χ3v) is 1.83. The van der Waals surface area contributed by atoms with E-state index in [4.69, 9.17) is 10.2 Å². The number of rotatable bonds is 2. The van der Waals surface area contributed by atoms with Gasteiger partial charge in [-0.3, -0.25) is 9.78 Å². The van der Waals surface area contributed by atoms with Crippen LogP contribution in [0, 0.1) is 0 Å². The number of nitrogens with zero attached hydrogens (tertiary/aromatic N) is 1. The van der Waals surface area contributed by atoms with Gasteiger partial charge in [-0.2, -0.15) is 0 Å². The predicted molar refractivity (Wildman–Crippen MR) is 50.5 cm³/mol. The summed E-state index contributed by atoms with van der Waals surface area (Å²) in [6.07, 6.45) is 3.07. The fourth-order valence-corrected chi connectivity index (χ4v) is 1.22. The molecule has 0 spiro atoms. The van der Waals surface area contributed by atoms with Crippen molar-refractivity contribution in [3.05, 3.63) is 42.5 Å². The van der Waals surface area contributed by atoms with Crippen molar-refractivity contribution in [3.8, 4) is 11.3 Å². The van der Waals surface area contributed by atoms with Gasteiger partial charge in [0.15, 0.2) is 5.76 Å². The maximum Gasteiger partial charge on any atom is 0.285 e. The Morgan fingerprint density at radius 3 is 2.86 bits per heavy atom. The lowest BCUT2D eigenvalue weighted by Crippen LogP contribution is -2.10. The Morgan fingerprint density at radius 2 is 2.21 bits per heavy atom. The van der Waals surface area contributed by atoms with Crippen molar-refractivity contribution in [1.29, 1.82) is 0 Å². The van der Waals surface area contributed by atoms with Gasteiger partial charge in [-0.25, -0.2) is 0 Å². The molecule has 2 heterocycles. The predicted octanol–water partition coefficient (Wildman–Crippen LogP) is 1.44. The maximum atomic E-state index is 11.0. The number of carbonyl (C=O) groups is 1. The number of furan rings is 1. The summed E-state index contributed by atoms with van der Waals surface area (Å²) in [6.45, 7) is 0. The minimum Gasteiger partial charge on any atom is -0.458 e. The molecule has 0 aliphatic carbocycles. The molecular formula is C10H8N2O2. The van der Waals surface area contributed by atoms with Crippen molar-refractivity contribution < 1.29 is 9.21 Å². The highest BCUT2D eigenvalue weighted by atomic mass is 16.3. The average Bonchev–Trinajstić information content (AvgIpc) is 2.67. The van der Waals surface area contributed by atoms with Gasteiger partial charge in [-0.15, -0.1) is 0 Å². The van der Waals surface area contributed by atoms with E-state index >= 15 is 0 Å². The molecule has 0 unspecified atom stereocenters. The van der Waals surface area contributed by atoms with Gasteiger partial charge in [-0.1, -0.05) is 6.07 Å². The molecule has 0 aliphatic heterocycles. The number of hydrogen-bond donors (Lipinski definition) is 1. The van der Waals surface area contributed by atoms with E-state index in [-0.39, 0.29) is 5.76 Å². The van der Waals surface area contributed by atoms with E-state index in [0.29, 0.717) is 11.3 Å². The molecule has 0 atom stereocenters. The molecule has 2 N–H and O–H groups in total. The van der Waals surface area contributed by atoms with Crippen molar-refractivity contribution in [2.75, 3.05) is 0 Å². The number of pyridine rings is 1. The van der Waals surface area contributed by atoms with E-state index in [0.717, 1.165) is 0 Å². The van der Waals surface area contributed by atoms with Crippen LogP contribution in [0.1, 0.15) is 10.6 Å². The zero-order chi connectivity index (χ0) is 9.97. The summed E-state index contributed by atoms with van der Waals surface area (Å²) in [6, 6.07) is 7.09. The Kier molecular flexibility index (Phi) is 2.02. The number of aromatic nitrogens is 1. The molecule has 0 saturated carbocycles. The lowest BCUT2D eigenvalue weighted by atomic mass is 10.1. The van der Waals surface area contributed by atoms with Crippen LogP contribution in [0.3, 0.4) is 0 Å². The van der Waals surface area contributed by atoms with Gasteiger partial charge in [0, 0.05) is 6.20 Å². The van der Waals surface area contributed by atoms with E-state index in [1.54, 1.807) is 24.4 Å². The first-order valence-electron chi connectivity index (χ1n) is 4.08. The second-order valence-electron chi connectivity index (χ2n) is 2.74. The monoisotopic (exact) mass is 188 g/mol. The summed E-state index contributed by atoms with van der Waals surface area (Å²) in [7, 11) is 0. The Bertz CT molecular complexity index is 448. The van der Waals surface area contributed by atoms with Crippen LogP contribution in [0.2, 0.25) is 0 Å². The van der Waals surface area contributed by atoms with Gasteiger partial charge in [0.2, 0.25) is 0 Å². The van der Waals surface area contributed by atoms with E-state index in [1.165, 1.54) is 6.26 Å². The van der Waals surface area contributed by atoms with E-state index < -0.39 is 5.91 Å². The second kappa shape index (κ2) is 3.33.